The Morgan fingerprint density at radius 2 is 2.04 bits per heavy atom. The number of benzene rings is 1. The normalized spacial score (nSPS) is 11.3. The average Bonchev–Trinajstić information content (AvgIpc) is 3.17. The van der Waals surface area contributed by atoms with Crippen LogP contribution in [-0.4, -0.2) is 19.3 Å². The lowest BCUT2D eigenvalue weighted by molar-refractivity contribution is 0.743. The van der Waals surface area contributed by atoms with Gasteiger partial charge < -0.3 is 0 Å². The second-order valence-electron chi connectivity index (χ2n) is 6.35. The third-order valence-electron chi connectivity index (χ3n) is 4.34. The highest BCUT2D eigenvalue weighted by Crippen LogP contribution is 2.33. The summed E-state index contributed by atoms with van der Waals surface area (Å²) in [6, 6.07) is 6.31. The Kier molecular flexibility index (Phi) is 3.77. The molecule has 0 saturated heterocycles. The summed E-state index contributed by atoms with van der Waals surface area (Å²) in [6.07, 6.45) is 5.31. The number of hydrogen-bond donors (Lipinski definition) is 0. The van der Waals surface area contributed by atoms with Crippen molar-refractivity contribution >= 4 is 21.6 Å². The number of hydrogen-bond acceptors (Lipinski definition) is 4. The van der Waals surface area contributed by atoms with Crippen molar-refractivity contribution in [3.63, 3.8) is 0 Å². The maximum Gasteiger partial charge on any atom is 0.263 e. The van der Waals surface area contributed by atoms with E-state index in [0.29, 0.717) is 11.9 Å². The van der Waals surface area contributed by atoms with Crippen LogP contribution in [-0.2, 0) is 13.6 Å². The van der Waals surface area contributed by atoms with Crippen molar-refractivity contribution in [2.75, 3.05) is 0 Å². The molecule has 0 atom stereocenters. The molecule has 25 heavy (non-hydrogen) atoms. The van der Waals surface area contributed by atoms with Gasteiger partial charge in [0.05, 0.1) is 24.5 Å². The fraction of sp³-hybridized carbons (Fsp3) is 0.211. The molecule has 1 aromatic carbocycles. The van der Waals surface area contributed by atoms with Crippen LogP contribution in [0.3, 0.4) is 0 Å². The molecule has 0 bridgehead atoms. The number of aryl methyl sites for hydroxylation is 3. The maximum atomic E-state index is 13.1. The van der Waals surface area contributed by atoms with Gasteiger partial charge in [-0.2, -0.15) is 5.10 Å². The minimum absolute atomic E-state index is 0.00919. The van der Waals surface area contributed by atoms with Gasteiger partial charge in [-0.15, -0.1) is 11.3 Å². The van der Waals surface area contributed by atoms with Gasteiger partial charge in [0.2, 0.25) is 0 Å². The highest BCUT2D eigenvalue weighted by atomic mass is 32.1. The van der Waals surface area contributed by atoms with E-state index in [4.69, 9.17) is 0 Å². The van der Waals surface area contributed by atoms with E-state index in [0.717, 1.165) is 21.5 Å². The monoisotopic (exact) mass is 350 g/mol. The molecule has 0 aliphatic carbocycles. The van der Waals surface area contributed by atoms with Gasteiger partial charge in [-0.25, -0.2) is 4.98 Å². The zero-order chi connectivity index (χ0) is 17.6. The fourth-order valence-corrected chi connectivity index (χ4v) is 4.04. The minimum Gasteiger partial charge on any atom is -0.294 e. The SMILES string of the molecule is Cc1ccc(-c2csc3ncn(Cc4cnn(C)c4)c(=O)c23)c(C)c1. The second kappa shape index (κ2) is 5.97. The molecule has 6 heteroatoms. The van der Waals surface area contributed by atoms with Gasteiger partial charge >= 0.3 is 0 Å². The first-order chi connectivity index (χ1) is 12.0. The van der Waals surface area contributed by atoms with Crippen molar-refractivity contribution in [2.45, 2.75) is 20.4 Å². The molecule has 0 unspecified atom stereocenters. The van der Waals surface area contributed by atoms with Crippen molar-refractivity contribution in [1.82, 2.24) is 19.3 Å². The van der Waals surface area contributed by atoms with E-state index in [2.05, 4.69) is 42.1 Å². The predicted molar refractivity (Wildman–Crippen MR) is 101 cm³/mol. The largest absolute Gasteiger partial charge is 0.294 e. The second-order valence-corrected chi connectivity index (χ2v) is 7.21. The van der Waals surface area contributed by atoms with Gasteiger partial charge in [0.15, 0.2) is 0 Å². The van der Waals surface area contributed by atoms with E-state index < -0.39 is 0 Å². The van der Waals surface area contributed by atoms with E-state index in [-0.39, 0.29) is 5.56 Å². The van der Waals surface area contributed by atoms with Crippen molar-refractivity contribution in [3.05, 3.63) is 69.3 Å². The molecule has 0 amide bonds. The highest BCUT2D eigenvalue weighted by molar-refractivity contribution is 7.17. The lowest BCUT2D eigenvalue weighted by Gasteiger charge is -2.07. The summed E-state index contributed by atoms with van der Waals surface area (Å²) in [6.45, 7) is 4.62. The Bertz CT molecular complexity index is 1140. The number of fused-ring (bicyclic) bond motifs is 1. The van der Waals surface area contributed by atoms with E-state index >= 15 is 0 Å². The molecule has 3 heterocycles. The third-order valence-corrected chi connectivity index (χ3v) is 5.23. The zero-order valence-electron chi connectivity index (χ0n) is 14.4. The summed E-state index contributed by atoms with van der Waals surface area (Å²) in [4.78, 5) is 18.3. The van der Waals surface area contributed by atoms with Crippen LogP contribution in [0.25, 0.3) is 21.3 Å². The zero-order valence-corrected chi connectivity index (χ0v) is 15.2. The van der Waals surface area contributed by atoms with E-state index in [1.807, 2.05) is 18.6 Å². The van der Waals surface area contributed by atoms with Crippen LogP contribution in [0.2, 0.25) is 0 Å². The Labute approximate surface area is 149 Å². The molecule has 4 aromatic rings. The molecule has 3 aromatic heterocycles. The quantitative estimate of drug-likeness (QED) is 0.568. The first-order valence-corrected chi connectivity index (χ1v) is 8.92. The molecule has 0 saturated carbocycles. The molecule has 126 valence electrons. The van der Waals surface area contributed by atoms with E-state index in [9.17, 15) is 4.79 Å². The fourth-order valence-electron chi connectivity index (χ4n) is 3.14. The smallest absolute Gasteiger partial charge is 0.263 e. The van der Waals surface area contributed by atoms with Crippen molar-refractivity contribution in [3.8, 4) is 11.1 Å². The van der Waals surface area contributed by atoms with Crippen LogP contribution >= 0.6 is 11.3 Å². The molecule has 5 nitrogen and oxygen atoms in total. The van der Waals surface area contributed by atoms with Gasteiger partial charge in [0, 0.05) is 29.8 Å². The van der Waals surface area contributed by atoms with Gasteiger partial charge in [-0.1, -0.05) is 23.8 Å². The van der Waals surface area contributed by atoms with Crippen LogP contribution in [0.5, 0.6) is 0 Å². The molecule has 0 spiro atoms. The van der Waals surface area contributed by atoms with Crippen LogP contribution < -0.4 is 5.56 Å². The summed E-state index contributed by atoms with van der Waals surface area (Å²) in [5, 5.41) is 6.89. The van der Waals surface area contributed by atoms with Crippen molar-refractivity contribution < 1.29 is 0 Å². The molecule has 0 radical (unpaired) electrons. The molecule has 0 aliphatic heterocycles. The Morgan fingerprint density at radius 3 is 2.76 bits per heavy atom. The lowest BCUT2D eigenvalue weighted by atomic mass is 9.99. The molecule has 4 rings (SSSR count). The number of aromatic nitrogens is 4. The van der Waals surface area contributed by atoms with Crippen LogP contribution in [0.15, 0.2) is 47.1 Å². The molecular weight excluding hydrogens is 332 g/mol. The summed E-state index contributed by atoms with van der Waals surface area (Å²) in [7, 11) is 1.87. The number of nitrogens with zero attached hydrogens (tertiary/aromatic N) is 4. The van der Waals surface area contributed by atoms with Gasteiger partial charge in [0.1, 0.15) is 4.83 Å². The van der Waals surface area contributed by atoms with Crippen LogP contribution in [0, 0.1) is 13.8 Å². The van der Waals surface area contributed by atoms with Gasteiger partial charge in [-0.3, -0.25) is 14.0 Å². The van der Waals surface area contributed by atoms with E-state index in [1.165, 1.54) is 22.5 Å². The van der Waals surface area contributed by atoms with Crippen LogP contribution in [0.1, 0.15) is 16.7 Å². The first-order valence-electron chi connectivity index (χ1n) is 8.05. The topological polar surface area (TPSA) is 52.7 Å². The maximum absolute atomic E-state index is 13.1. The predicted octanol–water partition coefficient (Wildman–Crippen LogP) is 3.52. The molecular formula is C19H18N4OS. The summed E-state index contributed by atoms with van der Waals surface area (Å²) >= 11 is 1.51. The number of rotatable bonds is 3. The molecule has 0 fully saturated rings. The first kappa shape index (κ1) is 15.8. The van der Waals surface area contributed by atoms with Crippen LogP contribution in [0.4, 0.5) is 0 Å². The van der Waals surface area contributed by atoms with E-state index in [1.54, 1.807) is 21.8 Å². The summed E-state index contributed by atoms with van der Waals surface area (Å²) in [5.74, 6) is 0. The standard InChI is InChI=1S/C19H18N4OS/c1-12-4-5-15(13(2)6-12)16-10-25-18-17(16)19(24)23(11-20-18)9-14-7-21-22(3)8-14/h4-8,10-11H,9H2,1-3H3. The third kappa shape index (κ3) is 2.78. The number of thiophene rings is 1. The summed E-state index contributed by atoms with van der Waals surface area (Å²) in [5.41, 5.74) is 5.42. The van der Waals surface area contributed by atoms with Crippen molar-refractivity contribution in [1.29, 1.82) is 0 Å². The van der Waals surface area contributed by atoms with Gasteiger partial charge in [0.25, 0.3) is 5.56 Å². The van der Waals surface area contributed by atoms with Crippen molar-refractivity contribution in [2.24, 2.45) is 7.05 Å². The molecule has 0 aliphatic rings. The van der Waals surface area contributed by atoms with Gasteiger partial charge in [-0.05, 0) is 25.0 Å². The molecule has 0 N–H and O–H groups in total. The Balaban J connectivity index is 1.87. The highest BCUT2D eigenvalue weighted by Gasteiger charge is 2.15. The summed E-state index contributed by atoms with van der Waals surface area (Å²) < 4.78 is 3.39. The Morgan fingerprint density at radius 1 is 1.20 bits per heavy atom. The average molecular weight is 350 g/mol. The lowest BCUT2D eigenvalue weighted by Crippen LogP contribution is -2.20. The Hall–Kier alpha value is -2.73. The minimum atomic E-state index is -0.00919.